The lowest BCUT2D eigenvalue weighted by Gasteiger charge is -2.42. The normalized spacial score (nSPS) is 25.8. The summed E-state index contributed by atoms with van der Waals surface area (Å²) in [4.78, 5) is 115. The number of benzene rings is 1. The van der Waals surface area contributed by atoms with Gasteiger partial charge in [-0.2, -0.15) is 5.10 Å². The molecule has 0 spiro atoms. The van der Waals surface area contributed by atoms with E-state index in [1.807, 2.05) is 40.7 Å². The van der Waals surface area contributed by atoms with Crippen molar-refractivity contribution in [3.05, 3.63) is 70.4 Å². The number of hydrazone groups is 1. The number of nitrogens with one attached hydrogen (secondary N) is 2. The lowest BCUT2D eigenvalue weighted by molar-refractivity contribution is -0.197. The van der Waals surface area contributed by atoms with Crippen LogP contribution >= 0.6 is 33.2 Å². The summed E-state index contributed by atoms with van der Waals surface area (Å²) in [5.74, 6) is -3.18. The number of hydroxylamine groups is 2. The molecular formula is C56H74ClN7O15S2. The largest absolute Gasteiger partial charge is 0.495 e. The maximum absolute atomic E-state index is 14.4. The van der Waals surface area contributed by atoms with Gasteiger partial charge in [0.2, 0.25) is 23.6 Å². The van der Waals surface area contributed by atoms with Crippen molar-refractivity contribution in [3.8, 4) is 11.6 Å². The number of aromatic nitrogens is 1. The van der Waals surface area contributed by atoms with E-state index >= 15 is 0 Å². The number of rotatable bonds is 20. The number of pyridine rings is 1. The van der Waals surface area contributed by atoms with Crippen molar-refractivity contribution >= 4 is 92.2 Å². The van der Waals surface area contributed by atoms with Crippen molar-refractivity contribution < 1.29 is 72.0 Å². The molecule has 3 N–H and O–H groups in total. The zero-order chi connectivity index (χ0) is 59.6. The van der Waals surface area contributed by atoms with E-state index in [9.17, 15) is 43.5 Å². The average molecular weight is 1180 g/mol. The van der Waals surface area contributed by atoms with Crippen molar-refractivity contribution in [2.75, 3.05) is 45.6 Å². The molecule has 6 amide bonds. The minimum absolute atomic E-state index is 0.0134. The number of ether oxygens (including phenoxy) is 5. The van der Waals surface area contributed by atoms with E-state index in [0.29, 0.717) is 52.2 Å². The van der Waals surface area contributed by atoms with Crippen LogP contribution in [0.1, 0.15) is 117 Å². The SMILES string of the molecule is COc1cc2cc(c1Cl)N(C)C(=O)C[C@H](OC(=O)[C@H](C)N(C)C(=O)CCSSC(C)(C)CC(=O)N/N=C(/C)c1ccc(OCCCC(=O)ON3C(=O)CCC3=O)nc1)[C@@]1(C)C[C@H]1[C@H](C)[C@@H]1C[C@@](O)(NC(=O)O1)[C@H](OC)/C=C/C=C(\C)C2. The Balaban J connectivity index is 1.02. The zero-order valence-electron chi connectivity index (χ0n) is 47.7. The van der Waals surface area contributed by atoms with E-state index in [2.05, 4.69) is 20.8 Å². The van der Waals surface area contributed by atoms with E-state index in [1.54, 1.807) is 57.3 Å². The summed E-state index contributed by atoms with van der Waals surface area (Å²) in [5.41, 5.74) is 3.18. The van der Waals surface area contributed by atoms with Crippen LogP contribution in [0, 0.1) is 17.3 Å². The van der Waals surface area contributed by atoms with Crippen LogP contribution < -0.4 is 25.1 Å². The smallest absolute Gasteiger partial charge is 0.409 e. The molecule has 442 valence electrons. The molecule has 8 atom stereocenters. The summed E-state index contributed by atoms with van der Waals surface area (Å²) in [6, 6.07) is 5.87. The fourth-order valence-electron chi connectivity index (χ4n) is 9.83. The number of hydrogen-bond acceptors (Lipinski definition) is 19. The van der Waals surface area contributed by atoms with Gasteiger partial charge in [0.25, 0.3) is 11.8 Å². The van der Waals surface area contributed by atoms with E-state index in [4.69, 9.17) is 40.1 Å². The molecule has 2 saturated heterocycles. The van der Waals surface area contributed by atoms with E-state index in [0.717, 1.165) is 11.1 Å². The van der Waals surface area contributed by atoms with Crippen molar-refractivity contribution in [1.29, 1.82) is 0 Å². The summed E-state index contributed by atoms with van der Waals surface area (Å²) >= 11 is 6.85. The Morgan fingerprint density at radius 1 is 1.09 bits per heavy atom. The minimum atomic E-state index is -1.82. The first kappa shape index (κ1) is 64.0. The molecule has 2 aromatic rings. The van der Waals surface area contributed by atoms with E-state index in [-0.39, 0.29) is 86.6 Å². The molecule has 1 aliphatic carbocycles. The Bertz CT molecular complexity index is 2780. The van der Waals surface area contributed by atoms with Crippen molar-refractivity contribution in [1.82, 2.24) is 25.7 Å². The number of alkyl carbamates (subject to hydrolysis) is 1. The predicted molar refractivity (Wildman–Crippen MR) is 304 cm³/mol. The lowest BCUT2D eigenvalue weighted by Crippen LogP contribution is -2.63. The van der Waals surface area contributed by atoms with Crippen LogP contribution in [0.3, 0.4) is 0 Å². The standard InChI is InChI=1S/C56H74ClN7O15S2/c1-32-14-12-15-42(75-11)56(73)29-41(77-53(72)59-56)33(2)38-28-55(38,7)43(27-49(69)63(9)39-25-36(24-32)26-40(74-10)51(39)57)78-52(71)35(4)62(8)46(66)21-23-80-81-54(5,6)30-44(65)61-60-34(3)37-17-18-45(58-31-37)76-22-13-16-50(70)79-64-47(67)19-20-48(64)68/h12,14-15,17-18,25-26,31,33,35,38,41-43,73H,13,16,19-24,27-30H2,1-11H3,(H,59,72)(H,61,65)/b15-12+,32-14+,60-34-/t33-,35-,38-,41-,42+,43-,55-,56-/m0/s1. The number of hydrogen-bond donors (Lipinski definition) is 3. The number of allylic oxidation sites excluding steroid dienone is 3. The van der Waals surface area contributed by atoms with Gasteiger partial charge in [-0.15, -0.1) is 5.06 Å². The monoisotopic (exact) mass is 1180 g/mol. The van der Waals surface area contributed by atoms with E-state index < -0.39 is 76.0 Å². The Morgan fingerprint density at radius 2 is 1.80 bits per heavy atom. The number of amides is 6. The lowest BCUT2D eigenvalue weighted by atomic mass is 9.83. The number of esters is 1. The van der Waals surface area contributed by atoms with Gasteiger partial charge in [-0.1, -0.05) is 70.8 Å². The van der Waals surface area contributed by atoms with Crippen LogP contribution in [-0.4, -0.2) is 149 Å². The molecule has 25 heteroatoms. The molecule has 4 bridgehead atoms. The van der Waals surface area contributed by atoms with Gasteiger partial charge in [-0.3, -0.25) is 29.3 Å². The van der Waals surface area contributed by atoms with Gasteiger partial charge in [-0.25, -0.2) is 24.8 Å². The second-order valence-corrected chi connectivity index (χ2v) is 25.2. The maximum Gasteiger partial charge on any atom is 0.409 e. The van der Waals surface area contributed by atoms with Gasteiger partial charge < -0.3 is 43.4 Å². The van der Waals surface area contributed by atoms with Crippen molar-refractivity contribution in [2.45, 2.75) is 148 Å². The summed E-state index contributed by atoms with van der Waals surface area (Å²) in [7, 11) is 8.88. The molecule has 81 heavy (non-hydrogen) atoms. The number of carbonyl (C=O) groups is 8. The average Bonchev–Trinajstić information content (AvgIpc) is 4.01. The Morgan fingerprint density at radius 3 is 2.47 bits per heavy atom. The molecule has 4 aliphatic rings. The second kappa shape index (κ2) is 27.7. The topological polar surface area (TPSA) is 271 Å². The highest BCUT2D eigenvalue weighted by atomic mass is 35.5. The van der Waals surface area contributed by atoms with Crippen LogP contribution in [0.25, 0.3) is 0 Å². The fourth-order valence-corrected chi connectivity index (χ4v) is 12.6. The third kappa shape index (κ3) is 16.7. The highest BCUT2D eigenvalue weighted by Crippen LogP contribution is 2.61. The second-order valence-electron chi connectivity index (χ2n) is 21.7. The summed E-state index contributed by atoms with van der Waals surface area (Å²) in [6.45, 7) is 12.9. The van der Waals surface area contributed by atoms with Crippen LogP contribution in [0.2, 0.25) is 5.02 Å². The first-order valence-corrected chi connectivity index (χ1v) is 29.3. The first-order chi connectivity index (χ1) is 38.2. The number of carbonyl (C=O) groups excluding carboxylic acids is 8. The molecule has 6 rings (SSSR count). The number of anilines is 1. The van der Waals surface area contributed by atoms with Crippen molar-refractivity contribution in [3.63, 3.8) is 0 Å². The summed E-state index contributed by atoms with van der Waals surface area (Å²) in [5, 5.41) is 19.4. The highest BCUT2D eigenvalue weighted by Gasteiger charge is 2.62. The number of imide groups is 1. The van der Waals surface area contributed by atoms with E-state index in [1.165, 1.54) is 58.9 Å². The number of methoxy groups -OCH3 is 2. The third-order valence-electron chi connectivity index (χ3n) is 15.0. The molecular weight excluding hydrogens is 1110 g/mol. The van der Waals surface area contributed by atoms with Gasteiger partial charge in [0.1, 0.15) is 35.1 Å². The molecule has 22 nitrogen and oxygen atoms in total. The van der Waals surface area contributed by atoms with Crippen LogP contribution in [0.5, 0.6) is 11.6 Å². The quantitative estimate of drug-likeness (QED) is 0.0300. The van der Waals surface area contributed by atoms with Gasteiger partial charge in [0.15, 0.2) is 5.72 Å². The molecule has 1 aromatic carbocycles. The molecule has 3 aliphatic heterocycles. The third-order valence-corrected chi connectivity index (χ3v) is 18.7. The predicted octanol–water partition coefficient (Wildman–Crippen LogP) is 7.03. The number of halogens is 1. The summed E-state index contributed by atoms with van der Waals surface area (Å²) in [6.07, 6.45) is 4.31. The minimum Gasteiger partial charge on any atom is -0.495 e. The Kier molecular flexibility index (Phi) is 21.9. The zero-order valence-corrected chi connectivity index (χ0v) is 50.1. The Hall–Kier alpha value is -6.21. The number of likely N-dealkylation sites (N-methyl/N-ethyl adjacent to an activating group) is 1. The van der Waals surface area contributed by atoms with Gasteiger partial charge in [-0.05, 0) is 89.5 Å². The summed E-state index contributed by atoms with van der Waals surface area (Å²) < 4.78 is 28.5. The number of nitrogens with zero attached hydrogens (tertiary/aromatic N) is 5. The highest BCUT2D eigenvalue weighted by molar-refractivity contribution is 8.77. The van der Waals surface area contributed by atoms with Crippen LogP contribution in [0.4, 0.5) is 10.5 Å². The van der Waals surface area contributed by atoms with Gasteiger partial charge in [0, 0.05) is 87.1 Å². The molecule has 1 aromatic heterocycles. The van der Waals surface area contributed by atoms with Gasteiger partial charge >= 0.3 is 18.0 Å². The van der Waals surface area contributed by atoms with Crippen LogP contribution in [-0.2, 0) is 59.0 Å². The molecule has 1 saturated carbocycles. The molecule has 0 unspecified atom stereocenters. The molecule has 0 radical (unpaired) electrons. The fraction of sp³-hybridized carbons (Fsp3) is 0.571. The number of aliphatic hydroxyl groups is 1. The molecule has 3 fully saturated rings. The number of fused-ring (bicyclic) bond motifs is 5. The Labute approximate surface area is 485 Å². The first-order valence-electron chi connectivity index (χ1n) is 26.7. The molecule has 4 heterocycles. The maximum atomic E-state index is 14.4. The van der Waals surface area contributed by atoms with Crippen LogP contribution in [0.15, 0.2) is 59.4 Å². The van der Waals surface area contributed by atoms with Gasteiger partial charge in [0.05, 0.1) is 38.0 Å². The van der Waals surface area contributed by atoms with Crippen molar-refractivity contribution in [2.24, 2.45) is 22.4 Å².